The normalized spacial score (nSPS) is 18.8. The number of aryl methyl sites for hydroxylation is 1. The van der Waals surface area contributed by atoms with Crippen molar-refractivity contribution in [2.75, 3.05) is 0 Å². The van der Waals surface area contributed by atoms with Gasteiger partial charge in [0.05, 0.1) is 12.1 Å². The van der Waals surface area contributed by atoms with Crippen LogP contribution in [0.1, 0.15) is 42.1 Å². The Bertz CT molecular complexity index is 842. The molecule has 1 aliphatic carbocycles. The second kappa shape index (κ2) is 7.51. The molecule has 2 heterocycles. The fourth-order valence-corrected chi connectivity index (χ4v) is 3.41. The van der Waals surface area contributed by atoms with E-state index in [0.717, 1.165) is 29.2 Å². The molecule has 0 radical (unpaired) electrons. The van der Waals surface area contributed by atoms with Gasteiger partial charge in [0.15, 0.2) is 5.82 Å². The Kier molecular flexibility index (Phi) is 5.16. The van der Waals surface area contributed by atoms with E-state index in [-0.39, 0.29) is 30.7 Å². The number of nitrogens with zero attached hydrogens (tertiary/aromatic N) is 3. The number of carboxylic acids is 1. The van der Waals surface area contributed by atoms with E-state index in [1.165, 1.54) is 0 Å². The van der Waals surface area contributed by atoms with Gasteiger partial charge in [0.2, 0.25) is 5.91 Å². The molecule has 0 fully saturated rings. The summed E-state index contributed by atoms with van der Waals surface area (Å²) in [5, 5.41) is 16.2. The van der Waals surface area contributed by atoms with E-state index in [9.17, 15) is 9.59 Å². The van der Waals surface area contributed by atoms with Gasteiger partial charge in [-0.25, -0.2) is 9.67 Å². The Hall–Kier alpha value is -2.96. The number of nitrogens with one attached hydrogen (secondary N) is 1. The van der Waals surface area contributed by atoms with Crippen molar-refractivity contribution >= 4 is 11.9 Å². The number of hydrogen-bond donors (Lipinski definition) is 2. The molecule has 2 aromatic heterocycles. The van der Waals surface area contributed by atoms with Crippen LogP contribution >= 0.6 is 0 Å². The Morgan fingerprint density at radius 3 is 2.77 bits per heavy atom. The molecule has 1 aliphatic rings. The number of aliphatic carboxylic acids is 1. The molecule has 2 aromatic rings. The highest BCUT2D eigenvalue weighted by Crippen LogP contribution is 2.33. The van der Waals surface area contributed by atoms with Gasteiger partial charge in [-0.15, -0.1) is 0 Å². The molecule has 3 rings (SSSR count). The lowest BCUT2D eigenvalue weighted by atomic mass is 9.96. The summed E-state index contributed by atoms with van der Waals surface area (Å²) in [6.45, 7) is 4.00. The third-order valence-corrected chi connectivity index (χ3v) is 4.58. The van der Waals surface area contributed by atoms with E-state index < -0.39 is 5.97 Å². The van der Waals surface area contributed by atoms with Crippen LogP contribution in [0.2, 0.25) is 0 Å². The predicted molar refractivity (Wildman–Crippen MR) is 96.1 cm³/mol. The molecule has 1 amide bonds. The molecule has 7 heteroatoms. The SMILES string of the molecule is Cc1nn(-c2ccccn2)c(C)c1[C@H]1C=C[C@@H](NC(=O)CCC(=O)O)C1. The zero-order valence-corrected chi connectivity index (χ0v) is 14.8. The molecule has 0 unspecified atom stereocenters. The number of allylic oxidation sites excluding steroid dienone is 1. The third-order valence-electron chi connectivity index (χ3n) is 4.58. The van der Waals surface area contributed by atoms with Gasteiger partial charge in [0, 0.05) is 35.8 Å². The van der Waals surface area contributed by atoms with Crippen molar-refractivity contribution in [3.8, 4) is 5.82 Å². The first-order valence-corrected chi connectivity index (χ1v) is 8.62. The first-order valence-electron chi connectivity index (χ1n) is 8.62. The molecular weight excluding hydrogens is 332 g/mol. The Morgan fingerprint density at radius 2 is 2.08 bits per heavy atom. The lowest BCUT2D eigenvalue weighted by Gasteiger charge is -2.14. The summed E-state index contributed by atoms with van der Waals surface area (Å²) in [5.74, 6) is -0.259. The third kappa shape index (κ3) is 3.82. The average Bonchev–Trinajstić information content (AvgIpc) is 3.17. The highest BCUT2D eigenvalue weighted by atomic mass is 16.4. The van der Waals surface area contributed by atoms with Crippen LogP contribution < -0.4 is 5.32 Å². The maximum atomic E-state index is 11.8. The molecule has 2 N–H and O–H groups in total. The Morgan fingerprint density at radius 1 is 1.27 bits per heavy atom. The summed E-state index contributed by atoms with van der Waals surface area (Å²) in [6, 6.07) is 5.63. The number of pyridine rings is 1. The minimum atomic E-state index is -0.965. The highest BCUT2D eigenvalue weighted by Gasteiger charge is 2.27. The molecule has 0 bridgehead atoms. The van der Waals surface area contributed by atoms with E-state index in [1.807, 2.05) is 42.8 Å². The lowest BCUT2D eigenvalue weighted by Crippen LogP contribution is -2.32. The topological polar surface area (TPSA) is 97.1 Å². The number of carboxylic acid groups (broad SMARTS) is 1. The summed E-state index contributed by atoms with van der Waals surface area (Å²) in [7, 11) is 0. The quantitative estimate of drug-likeness (QED) is 0.776. The predicted octanol–water partition coefficient (Wildman–Crippen LogP) is 2.28. The maximum absolute atomic E-state index is 11.8. The zero-order chi connectivity index (χ0) is 18.7. The van der Waals surface area contributed by atoms with Gasteiger partial charge in [0.1, 0.15) is 0 Å². The van der Waals surface area contributed by atoms with E-state index in [2.05, 4.69) is 21.5 Å². The van der Waals surface area contributed by atoms with E-state index >= 15 is 0 Å². The van der Waals surface area contributed by atoms with E-state index in [4.69, 9.17) is 5.11 Å². The standard InChI is InChI=1S/C19H22N4O3/c1-12-19(13(2)23(22-12)16-5-3-4-10-20-16)14-6-7-15(11-14)21-17(24)8-9-18(25)26/h3-7,10,14-15H,8-9,11H2,1-2H3,(H,21,24)(H,25,26)/t14-,15+/m0/s1. The summed E-state index contributed by atoms with van der Waals surface area (Å²) in [4.78, 5) is 26.8. The number of carbonyl (C=O) groups excluding carboxylic acids is 1. The van der Waals surface area contributed by atoms with Gasteiger partial charge in [-0.05, 0) is 32.4 Å². The van der Waals surface area contributed by atoms with Crippen LogP contribution in [0.4, 0.5) is 0 Å². The maximum Gasteiger partial charge on any atom is 0.303 e. The molecule has 26 heavy (non-hydrogen) atoms. The molecule has 0 saturated carbocycles. The zero-order valence-electron chi connectivity index (χ0n) is 14.8. The summed E-state index contributed by atoms with van der Waals surface area (Å²) in [5.41, 5.74) is 3.13. The number of rotatable bonds is 6. The molecule has 7 nitrogen and oxygen atoms in total. The van der Waals surface area contributed by atoms with Crippen molar-refractivity contribution in [1.82, 2.24) is 20.1 Å². The monoisotopic (exact) mass is 354 g/mol. The summed E-state index contributed by atoms with van der Waals surface area (Å²) < 4.78 is 1.84. The van der Waals surface area contributed by atoms with Crippen LogP contribution in [0, 0.1) is 13.8 Å². The van der Waals surface area contributed by atoms with Crippen molar-refractivity contribution in [1.29, 1.82) is 0 Å². The minimum Gasteiger partial charge on any atom is -0.481 e. The van der Waals surface area contributed by atoms with Crippen molar-refractivity contribution < 1.29 is 14.7 Å². The highest BCUT2D eigenvalue weighted by molar-refractivity contribution is 5.81. The van der Waals surface area contributed by atoms with Crippen LogP contribution in [-0.4, -0.2) is 37.8 Å². The second-order valence-electron chi connectivity index (χ2n) is 6.48. The molecule has 0 spiro atoms. The number of amides is 1. The fourth-order valence-electron chi connectivity index (χ4n) is 3.41. The van der Waals surface area contributed by atoms with Gasteiger partial charge >= 0.3 is 5.97 Å². The van der Waals surface area contributed by atoms with Crippen molar-refractivity contribution in [3.63, 3.8) is 0 Å². The lowest BCUT2D eigenvalue weighted by molar-refractivity contribution is -0.138. The minimum absolute atomic E-state index is 0.00000465. The molecule has 0 aromatic carbocycles. The van der Waals surface area contributed by atoms with Gasteiger partial charge < -0.3 is 10.4 Å². The van der Waals surface area contributed by atoms with Crippen molar-refractivity contribution in [3.05, 3.63) is 53.5 Å². The van der Waals surface area contributed by atoms with Crippen LogP contribution in [-0.2, 0) is 9.59 Å². The first kappa shape index (κ1) is 17.8. The first-order chi connectivity index (χ1) is 12.5. The summed E-state index contributed by atoms with van der Waals surface area (Å²) in [6.07, 6.45) is 6.39. The Labute approximate surface area is 151 Å². The fraction of sp³-hybridized carbons (Fsp3) is 0.368. The van der Waals surface area contributed by atoms with Crippen LogP contribution in [0.15, 0.2) is 36.5 Å². The van der Waals surface area contributed by atoms with E-state index in [0.29, 0.717) is 0 Å². The summed E-state index contributed by atoms with van der Waals surface area (Å²) >= 11 is 0. The van der Waals surface area contributed by atoms with Gasteiger partial charge in [-0.3, -0.25) is 9.59 Å². The molecular formula is C19H22N4O3. The van der Waals surface area contributed by atoms with Crippen molar-refractivity contribution in [2.45, 2.75) is 45.1 Å². The second-order valence-corrected chi connectivity index (χ2v) is 6.48. The van der Waals surface area contributed by atoms with Crippen LogP contribution in [0.5, 0.6) is 0 Å². The van der Waals surface area contributed by atoms with Gasteiger partial charge in [0.25, 0.3) is 0 Å². The molecule has 0 saturated heterocycles. The largest absolute Gasteiger partial charge is 0.481 e. The molecule has 136 valence electrons. The number of carbonyl (C=O) groups is 2. The smallest absolute Gasteiger partial charge is 0.303 e. The molecule has 0 aliphatic heterocycles. The number of aromatic nitrogens is 3. The number of hydrogen-bond acceptors (Lipinski definition) is 4. The van der Waals surface area contributed by atoms with Crippen LogP contribution in [0.3, 0.4) is 0 Å². The Balaban J connectivity index is 1.70. The molecule has 2 atom stereocenters. The van der Waals surface area contributed by atoms with Crippen LogP contribution in [0.25, 0.3) is 5.82 Å². The van der Waals surface area contributed by atoms with Gasteiger partial charge in [-0.1, -0.05) is 18.2 Å². The average molecular weight is 354 g/mol. The van der Waals surface area contributed by atoms with E-state index in [1.54, 1.807) is 6.20 Å². The van der Waals surface area contributed by atoms with Crippen molar-refractivity contribution in [2.24, 2.45) is 0 Å². The van der Waals surface area contributed by atoms with Gasteiger partial charge in [-0.2, -0.15) is 5.10 Å².